The molecule has 6 heteroatoms. The van der Waals surface area contributed by atoms with E-state index in [1.165, 1.54) is 21.3 Å². The minimum atomic E-state index is -0.303. The van der Waals surface area contributed by atoms with E-state index in [0.29, 0.717) is 33.4 Å². The predicted molar refractivity (Wildman–Crippen MR) is 90.5 cm³/mol. The molecule has 0 bridgehead atoms. The van der Waals surface area contributed by atoms with E-state index in [2.05, 4.69) is 0 Å². The Hall–Kier alpha value is -2.66. The third kappa shape index (κ3) is 2.57. The second-order valence-electron chi connectivity index (χ2n) is 4.98. The second kappa shape index (κ2) is 6.45. The smallest absolute Gasteiger partial charge is 0.235 e. The maximum Gasteiger partial charge on any atom is 0.235 e. The second-order valence-corrected chi connectivity index (χ2v) is 5.39. The van der Waals surface area contributed by atoms with E-state index in [1.54, 1.807) is 24.3 Å². The van der Waals surface area contributed by atoms with Crippen LogP contribution < -0.4 is 18.9 Å². The van der Waals surface area contributed by atoms with Gasteiger partial charge >= 0.3 is 0 Å². The van der Waals surface area contributed by atoms with Gasteiger partial charge in [-0.25, -0.2) is 0 Å². The number of rotatable bonds is 4. The molecule has 0 fully saturated rings. The van der Waals surface area contributed by atoms with Crippen LogP contribution >= 0.6 is 11.6 Å². The van der Waals surface area contributed by atoms with Gasteiger partial charge in [-0.15, -0.1) is 0 Å². The lowest BCUT2D eigenvalue weighted by molar-refractivity contribution is 0.101. The summed E-state index contributed by atoms with van der Waals surface area (Å²) in [7, 11) is 4.46. The molecule has 0 saturated carbocycles. The Kier molecular flexibility index (Phi) is 4.36. The monoisotopic (exact) mass is 346 g/mol. The fourth-order valence-corrected chi connectivity index (χ4v) is 2.71. The molecule has 0 unspecified atom stereocenters. The van der Waals surface area contributed by atoms with Crippen LogP contribution in [0.15, 0.2) is 36.1 Å². The highest BCUT2D eigenvalue weighted by atomic mass is 35.5. The van der Waals surface area contributed by atoms with Crippen molar-refractivity contribution < 1.29 is 23.7 Å². The summed E-state index contributed by atoms with van der Waals surface area (Å²) >= 11 is 6.15. The number of ketones is 1. The molecular formula is C18H15ClO5. The first-order valence-corrected chi connectivity index (χ1v) is 7.50. The molecule has 0 N–H and O–H groups in total. The van der Waals surface area contributed by atoms with E-state index in [1.807, 2.05) is 12.1 Å². The lowest BCUT2D eigenvalue weighted by Gasteiger charge is -2.13. The standard InChI is InChI=1S/C18H15ClO5/c1-21-12-9-14(22-2)17(23-3)18-15(12)16(20)13(24-18)8-10-6-4-5-7-11(10)19/h4-9H,1-3H3/b13-8-. The maximum atomic E-state index is 12.7. The topological polar surface area (TPSA) is 54.0 Å². The van der Waals surface area contributed by atoms with Gasteiger partial charge in [-0.1, -0.05) is 29.8 Å². The zero-order valence-electron chi connectivity index (χ0n) is 13.4. The van der Waals surface area contributed by atoms with E-state index >= 15 is 0 Å². The summed E-state index contributed by atoms with van der Waals surface area (Å²) in [5, 5.41) is 0.522. The highest BCUT2D eigenvalue weighted by Crippen LogP contribution is 2.50. The van der Waals surface area contributed by atoms with Crippen molar-refractivity contribution in [3.63, 3.8) is 0 Å². The fourth-order valence-electron chi connectivity index (χ4n) is 2.52. The van der Waals surface area contributed by atoms with Gasteiger partial charge in [0.05, 0.1) is 21.3 Å². The van der Waals surface area contributed by atoms with Crippen LogP contribution in [0.25, 0.3) is 6.08 Å². The lowest BCUT2D eigenvalue weighted by atomic mass is 10.1. The number of hydrogen-bond donors (Lipinski definition) is 0. The number of ether oxygens (including phenoxy) is 4. The molecule has 0 radical (unpaired) electrons. The van der Waals surface area contributed by atoms with Gasteiger partial charge in [0.1, 0.15) is 11.3 Å². The van der Waals surface area contributed by atoms with Crippen molar-refractivity contribution in [2.24, 2.45) is 0 Å². The minimum Gasteiger partial charge on any atom is -0.496 e. The van der Waals surface area contributed by atoms with Crippen molar-refractivity contribution >= 4 is 23.5 Å². The molecule has 0 atom stereocenters. The summed E-state index contributed by atoms with van der Waals surface area (Å²) < 4.78 is 21.7. The van der Waals surface area contributed by atoms with Crippen molar-refractivity contribution in [2.75, 3.05) is 21.3 Å². The quantitative estimate of drug-likeness (QED) is 0.784. The zero-order chi connectivity index (χ0) is 17.3. The van der Waals surface area contributed by atoms with Gasteiger partial charge in [-0.05, 0) is 17.7 Å². The van der Waals surface area contributed by atoms with E-state index < -0.39 is 0 Å². The van der Waals surface area contributed by atoms with Crippen LogP contribution in [0.4, 0.5) is 0 Å². The molecule has 124 valence electrons. The van der Waals surface area contributed by atoms with E-state index in [4.69, 9.17) is 30.5 Å². The highest BCUT2D eigenvalue weighted by molar-refractivity contribution is 6.32. The van der Waals surface area contributed by atoms with Crippen LogP contribution in [0.2, 0.25) is 5.02 Å². The molecule has 0 spiro atoms. The number of halogens is 1. The normalized spacial score (nSPS) is 14.3. The zero-order valence-corrected chi connectivity index (χ0v) is 14.1. The van der Waals surface area contributed by atoms with Gasteiger partial charge in [0.15, 0.2) is 17.3 Å². The average Bonchev–Trinajstić information content (AvgIpc) is 2.92. The van der Waals surface area contributed by atoms with Gasteiger partial charge in [-0.3, -0.25) is 4.79 Å². The van der Waals surface area contributed by atoms with Crippen LogP contribution in [0.5, 0.6) is 23.0 Å². The lowest BCUT2D eigenvalue weighted by Crippen LogP contribution is -2.00. The van der Waals surface area contributed by atoms with Crippen LogP contribution in [-0.4, -0.2) is 27.1 Å². The minimum absolute atomic E-state index is 0.142. The van der Waals surface area contributed by atoms with Crippen molar-refractivity contribution in [1.29, 1.82) is 0 Å². The number of allylic oxidation sites excluding steroid dienone is 1. The fraction of sp³-hybridized carbons (Fsp3) is 0.167. The maximum absolute atomic E-state index is 12.7. The third-order valence-electron chi connectivity index (χ3n) is 3.66. The molecule has 0 aliphatic carbocycles. The largest absolute Gasteiger partial charge is 0.496 e. The molecule has 0 amide bonds. The van der Waals surface area contributed by atoms with Crippen LogP contribution in [0.3, 0.4) is 0 Å². The molecule has 3 rings (SSSR count). The summed E-state index contributed by atoms with van der Waals surface area (Å²) in [4.78, 5) is 12.7. The van der Waals surface area contributed by atoms with E-state index in [9.17, 15) is 4.79 Å². The number of carbonyl (C=O) groups is 1. The van der Waals surface area contributed by atoms with Gasteiger partial charge in [0.2, 0.25) is 11.5 Å². The number of benzene rings is 2. The molecule has 1 aliphatic heterocycles. The summed E-state index contributed by atoms with van der Waals surface area (Å²) in [6, 6.07) is 8.77. The Bertz CT molecular complexity index is 842. The summed E-state index contributed by atoms with van der Waals surface area (Å²) in [5.74, 6) is 1.22. The van der Waals surface area contributed by atoms with Crippen molar-refractivity contribution in [1.82, 2.24) is 0 Å². The van der Waals surface area contributed by atoms with Crippen molar-refractivity contribution in [3.05, 3.63) is 52.2 Å². The summed E-state index contributed by atoms with van der Waals surface area (Å²) in [6.07, 6.45) is 1.59. The molecule has 2 aromatic carbocycles. The Labute approximate surface area is 144 Å². The average molecular weight is 347 g/mol. The van der Waals surface area contributed by atoms with Crippen molar-refractivity contribution in [3.8, 4) is 23.0 Å². The highest BCUT2D eigenvalue weighted by Gasteiger charge is 2.36. The van der Waals surface area contributed by atoms with Crippen LogP contribution in [0, 0.1) is 0 Å². The van der Waals surface area contributed by atoms with Crippen LogP contribution in [-0.2, 0) is 0 Å². The van der Waals surface area contributed by atoms with Crippen LogP contribution in [0.1, 0.15) is 15.9 Å². The van der Waals surface area contributed by atoms with Crippen molar-refractivity contribution in [2.45, 2.75) is 0 Å². The van der Waals surface area contributed by atoms with Gasteiger partial charge in [0.25, 0.3) is 0 Å². The molecule has 0 aromatic heterocycles. The molecule has 2 aromatic rings. The Morgan fingerprint density at radius 3 is 2.38 bits per heavy atom. The molecular weight excluding hydrogens is 332 g/mol. The first-order chi connectivity index (χ1) is 11.6. The van der Waals surface area contributed by atoms with E-state index in [0.717, 1.165) is 0 Å². The number of carbonyl (C=O) groups excluding carboxylic acids is 1. The molecule has 5 nitrogen and oxygen atoms in total. The number of methoxy groups -OCH3 is 3. The molecule has 1 heterocycles. The molecule has 24 heavy (non-hydrogen) atoms. The Morgan fingerprint density at radius 1 is 1.04 bits per heavy atom. The number of hydrogen-bond acceptors (Lipinski definition) is 5. The van der Waals surface area contributed by atoms with Gasteiger partial charge < -0.3 is 18.9 Å². The summed E-state index contributed by atoms with van der Waals surface area (Å²) in [5.41, 5.74) is 0.980. The number of Topliss-reactive ketones (excluding diaryl/α,β-unsaturated/α-hetero) is 1. The SMILES string of the molecule is COc1cc(OC)c2c(c1OC)O/C(=C\c1ccccc1Cl)C2=O. The third-order valence-corrected chi connectivity index (χ3v) is 4.01. The predicted octanol–water partition coefficient (Wildman–Crippen LogP) is 3.98. The molecule has 0 saturated heterocycles. The van der Waals surface area contributed by atoms with E-state index in [-0.39, 0.29) is 17.3 Å². The van der Waals surface area contributed by atoms with Gasteiger partial charge in [0, 0.05) is 11.1 Å². The number of fused-ring (bicyclic) bond motifs is 1. The molecule has 1 aliphatic rings. The Morgan fingerprint density at radius 2 is 1.75 bits per heavy atom. The van der Waals surface area contributed by atoms with Gasteiger partial charge in [-0.2, -0.15) is 0 Å². The first-order valence-electron chi connectivity index (χ1n) is 7.12. The first kappa shape index (κ1) is 16.2. The Balaban J connectivity index is 2.15. The summed E-state index contributed by atoms with van der Waals surface area (Å²) in [6.45, 7) is 0.